The van der Waals surface area contributed by atoms with Crippen LogP contribution in [0.5, 0.6) is 0 Å². The highest BCUT2D eigenvalue weighted by atomic mass is 16.2. The molecule has 3 N–H and O–H groups in total. The number of fused-ring (bicyclic) bond motifs is 2. The molecule has 20 heavy (non-hydrogen) atoms. The van der Waals surface area contributed by atoms with Gasteiger partial charge in [0.2, 0.25) is 5.91 Å². The lowest BCUT2D eigenvalue weighted by atomic mass is 9.69. The minimum Gasteiger partial charge on any atom is -0.352 e. The molecule has 3 rings (SSSR count). The van der Waals surface area contributed by atoms with Gasteiger partial charge in [0, 0.05) is 12.1 Å². The SMILES string of the molecule is CC1(C(=O)NC2CC3CCC2(C)C3(C)C)CCCC1N. The van der Waals surface area contributed by atoms with Crippen LogP contribution in [0.15, 0.2) is 0 Å². The molecule has 0 aromatic rings. The molecule has 0 heterocycles. The number of carbonyl (C=O) groups is 1. The summed E-state index contributed by atoms with van der Waals surface area (Å²) < 4.78 is 0. The second-order valence-electron chi connectivity index (χ2n) is 8.55. The molecule has 2 bridgehead atoms. The van der Waals surface area contributed by atoms with Gasteiger partial charge in [-0.25, -0.2) is 0 Å². The third-order valence-corrected chi connectivity index (χ3v) is 7.65. The number of hydrogen-bond donors (Lipinski definition) is 2. The van der Waals surface area contributed by atoms with E-state index < -0.39 is 0 Å². The van der Waals surface area contributed by atoms with Gasteiger partial charge in [0.05, 0.1) is 5.41 Å². The molecule has 114 valence electrons. The van der Waals surface area contributed by atoms with Crippen molar-refractivity contribution in [2.24, 2.45) is 27.9 Å². The Kier molecular flexibility index (Phi) is 3.03. The summed E-state index contributed by atoms with van der Waals surface area (Å²) in [6, 6.07) is 0.371. The average molecular weight is 278 g/mol. The fourth-order valence-corrected chi connectivity index (χ4v) is 5.22. The molecular weight excluding hydrogens is 248 g/mol. The molecule has 0 radical (unpaired) electrons. The van der Waals surface area contributed by atoms with Crippen molar-refractivity contribution in [3.63, 3.8) is 0 Å². The van der Waals surface area contributed by atoms with E-state index >= 15 is 0 Å². The van der Waals surface area contributed by atoms with Crippen LogP contribution in [0, 0.1) is 22.2 Å². The lowest BCUT2D eigenvalue weighted by molar-refractivity contribution is -0.132. The van der Waals surface area contributed by atoms with E-state index in [0.717, 1.165) is 31.6 Å². The maximum Gasteiger partial charge on any atom is 0.227 e. The van der Waals surface area contributed by atoms with Crippen molar-refractivity contribution in [3.8, 4) is 0 Å². The lowest BCUT2D eigenvalue weighted by Crippen LogP contribution is -2.54. The van der Waals surface area contributed by atoms with Gasteiger partial charge in [-0.05, 0) is 55.8 Å². The highest BCUT2D eigenvalue weighted by Crippen LogP contribution is 2.65. The molecule has 1 amide bonds. The largest absolute Gasteiger partial charge is 0.352 e. The monoisotopic (exact) mass is 278 g/mol. The maximum atomic E-state index is 12.8. The molecule has 0 aliphatic heterocycles. The number of rotatable bonds is 2. The number of hydrogen-bond acceptors (Lipinski definition) is 2. The van der Waals surface area contributed by atoms with Gasteiger partial charge < -0.3 is 11.1 Å². The van der Waals surface area contributed by atoms with E-state index in [1.54, 1.807) is 0 Å². The van der Waals surface area contributed by atoms with Crippen LogP contribution in [0.3, 0.4) is 0 Å². The summed E-state index contributed by atoms with van der Waals surface area (Å²) in [4.78, 5) is 12.8. The third-order valence-electron chi connectivity index (χ3n) is 7.65. The molecular formula is C17H30N2O. The van der Waals surface area contributed by atoms with E-state index in [2.05, 4.69) is 33.0 Å². The maximum absolute atomic E-state index is 12.8. The van der Waals surface area contributed by atoms with Gasteiger partial charge in [0.1, 0.15) is 0 Å². The van der Waals surface area contributed by atoms with Crippen LogP contribution >= 0.6 is 0 Å². The van der Waals surface area contributed by atoms with Gasteiger partial charge in [-0.1, -0.05) is 27.2 Å². The highest BCUT2D eigenvalue weighted by molar-refractivity contribution is 5.83. The summed E-state index contributed by atoms with van der Waals surface area (Å²) in [5, 5.41) is 3.40. The molecule has 5 atom stereocenters. The molecule has 3 heteroatoms. The zero-order valence-electron chi connectivity index (χ0n) is 13.5. The molecule has 5 unspecified atom stereocenters. The Labute approximate surface area is 123 Å². The molecule has 3 aliphatic carbocycles. The Morgan fingerprint density at radius 1 is 1.15 bits per heavy atom. The van der Waals surface area contributed by atoms with Gasteiger partial charge in [-0.15, -0.1) is 0 Å². The second-order valence-corrected chi connectivity index (χ2v) is 8.55. The van der Waals surface area contributed by atoms with Crippen molar-refractivity contribution in [2.45, 2.75) is 78.3 Å². The van der Waals surface area contributed by atoms with Crippen LogP contribution in [0.4, 0.5) is 0 Å². The molecule has 3 saturated carbocycles. The predicted molar refractivity (Wildman–Crippen MR) is 81.1 cm³/mol. The summed E-state index contributed by atoms with van der Waals surface area (Å²) in [6.45, 7) is 9.21. The number of nitrogens with one attached hydrogen (secondary N) is 1. The number of nitrogens with two attached hydrogens (primary N) is 1. The van der Waals surface area contributed by atoms with Crippen molar-refractivity contribution in [1.82, 2.24) is 5.32 Å². The van der Waals surface area contributed by atoms with Crippen molar-refractivity contribution in [2.75, 3.05) is 0 Å². The topological polar surface area (TPSA) is 55.1 Å². The first-order valence-corrected chi connectivity index (χ1v) is 8.28. The normalized spacial score (nSPS) is 49.5. The van der Waals surface area contributed by atoms with Crippen LogP contribution < -0.4 is 11.1 Å². The first-order valence-electron chi connectivity index (χ1n) is 8.28. The first kappa shape index (κ1) is 14.4. The standard InChI is InChI=1S/C17H30N2O/c1-15(2)11-7-9-17(15,4)13(10-11)19-14(20)16(3)8-5-6-12(16)18/h11-13H,5-10,18H2,1-4H3,(H,19,20). The molecule has 3 aliphatic rings. The van der Waals surface area contributed by atoms with E-state index in [-0.39, 0.29) is 22.8 Å². The summed E-state index contributed by atoms with van der Waals surface area (Å²) in [7, 11) is 0. The minimum absolute atomic E-state index is 0.0295. The quantitative estimate of drug-likeness (QED) is 0.816. The van der Waals surface area contributed by atoms with Gasteiger partial charge in [0.15, 0.2) is 0 Å². The fourth-order valence-electron chi connectivity index (χ4n) is 5.22. The van der Waals surface area contributed by atoms with Crippen molar-refractivity contribution in [3.05, 3.63) is 0 Å². The van der Waals surface area contributed by atoms with E-state index in [1.165, 1.54) is 12.8 Å². The second kappa shape index (κ2) is 4.22. The van der Waals surface area contributed by atoms with E-state index in [0.29, 0.717) is 11.5 Å². The minimum atomic E-state index is -0.345. The van der Waals surface area contributed by atoms with Crippen LogP contribution in [0.2, 0.25) is 0 Å². The van der Waals surface area contributed by atoms with Crippen molar-refractivity contribution in [1.29, 1.82) is 0 Å². The Morgan fingerprint density at radius 3 is 2.30 bits per heavy atom. The van der Waals surface area contributed by atoms with E-state index in [4.69, 9.17) is 5.73 Å². The van der Waals surface area contributed by atoms with Crippen LogP contribution in [-0.4, -0.2) is 18.0 Å². The Morgan fingerprint density at radius 2 is 1.85 bits per heavy atom. The summed E-state index contributed by atoms with van der Waals surface area (Å²) >= 11 is 0. The molecule has 0 aromatic carbocycles. The smallest absolute Gasteiger partial charge is 0.227 e. The van der Waals surface area contributed by atoms with Gasteiger partial charge in [0.25, 0.3) is 0 Å². The average Bonchev–Trinajstić information content (AvgIpc) is 2.88. The van der Waals surface area contributed by atoms with Crippen molar-refractivity contribution < 1.29 is 4.79 Å². The number of carbonyl (C=O) groups excluding carboxylic acids is 1. The van der Waals surface area contributed by atoms with Crippen molar-refractivity contribution >= 4 is 5.91 Å². The lowest BCUT2D eigenvalue weighted by Gasteiger charge is -2.41. The van der Waals surface area contributed by atoms with Gasteiger partial charge in [-0.2, -0.15) is 0 Å². The predicted octanol–water partition coefficient (Wildman–Crippen LogP) is 2.83. The first-order chi connectivity index (χ1) is 9.22. The Hall–Kier alpha value is -0.570. The Bertz CT molecular complexity index is 433. The molecule has 0 saturated heterocycles. The van der Waals surface area contributed by atoms with E-state index in [1.807, 2.05) is 0 Å². The fraction of sp³-hybridized carbons (Fsp3) is 0.941. The van der Waals surface area contributed by atoms with Crippen LogP contribution in [0.1, 0.15) is 66.2 Å². The molecule has 0 spiro atoms. The summed E-state index contributed by atoms with van der Waals surface area (Å²) in [6.07, 6.45) is 6.74. The summed E-state index contributed by atoms with van der Waals surface area (Å²) in [5.41, 5.74) is 6.45. The number of amides is 1. The highest BCUT2D eigenvalue weighted by Gasteiger charge is 2.62. The zero-order chi connectivity index (χ0) is 14.8. The zero-order valence-corrected chi connectivity index (χ0v) is 13.5. The molecule has 3 fully saturated rings. The van der Waals surface area contributed by atoms with E-state index in [9.17, 15) is 4.79 Å². The Balaban J connectivity index is 1.75. The third kappa shape index (κ3) is 1.65. The van der Waals surface area contributed by atoms with Crippen LogP contribution in [0.25, 0.3) is 0 Å². The summed E-state index contributed by atoms with van der Waals surface area (Å²) in [5.74, 6) is 0.972. The van der Waals surface area contributed by atoms with Gasteiger partial charge >= 0.3 is 0 Å². The molecule has 3 nitrogen and oxygen atoms in total. The molecule has 0 aromatic heterocycles. The van der Waals surface area contributed by atoms with Gasteiger partial charge in [-0.3, -0.25) is 4.79 Å². The van der Waals surface area contributed by atoms with Crippen LogP contribution in [-0.2, 0) is 4.79 Å².